The van der Waals surface area contributed by atoms with Crippen LogP contribution in [0.5, 0.6) is 0 Å². The number of imidazole rings is 1. The Kier molecular flexibility index (Phi) is 15.2. The smallest absolute Gasteiger partial charge is 0.407 e. The minimum absolute atomic E-state index is 0.0429. The van der Waals surface area contributed by atoms with Crippen molar-refractivity contribution in [3.8, 4) is 11.3 Å². The van der Waals surface area contributed by atoms with E-state index >= 15 is 0 Å². The molecular formula is C39H47F2N7O8. The van der Waals surface area contributed by atoms with Gasteiger partial charge in [-0.15, -0.1) is 0 Å². The van der Waals surface area contributed by atoms with Gasteiger partial charge in [-0.2, -0.15) is 0 Å². The van der Waals surface area contributed by atoms with Crippen LogP contribution in [0, 0.1) is 17.6 Å². The Morgan fingerprint density at radius 1 is 1.04 bits per heavy atom. The monoisotopic (exact) mass is 779 g/mol. The number of benzene rings is 2. The number of nitrogens with one attached hydrogen (secondary N) is 3. The molecule has 3 aliphatic rings. The van der Waals surface area contributed by atoms with Crippen LogP contribution >= 0.6 is 0 Å². The largest absolute Gasteiger partial charge is 0.445 e. The highest BCUT2D eigenvalue weighted by Gasteiger charge is 2.35. The summed E-state index contributed by atoms with van der Waals surface area (Å²) in [5, 5.41) is 17.7. The molecule has 2 saturated heterocycles. The molecule has 2 unspecified atom stereocenters. The average molecular weight is 780 g/mol. The first-order valence-electron chi connectivity index (χ1n) is 18.5. The van der Waals surface area contributed by atoms with Gasteiger partial charge >= 0.3 is 6.09 Å². The zero-order chi connectivity index (χ0) is 40.0. The number of likely N-dealkylation sites (N-methyl/N-ethyl adjacent to an activating group) is 1. The van der Waals surface area contributed by atoms with E-state index < -0.39 is 36.3 Å². The number of carbonyl (C=O) groups excluding carboxylic acids is 5. The van der Waals surface area contributed by atoms with Gasteiger partial charge in [0.2, 0.25) is 11.8 Å². The molecule has 3 aromatic rings. The molecular weight excluding hydrogens is 732 g/mol. The van der Waals surface area contributed by atoms with Gasteiger partial charge in [0.05, 0.1) is 11.7 Å². The van der Waals surface area contributed by atoms with Crippen LogP contribution in [-0.4, -0.2) is 120 Å². The molecule has 17 heteroatoms. The van der Waals surface area contributed by atoms with E-state index in [4.69, 9.17) is 14.5 Å². The second-order valence-corrected chi connectivity index (χ2v) is 13.5. The lowest BCUT2D eigenvalue weighted by Crippen LogP contribution is -2.40. The summed E-state index contributed by atoms with van der Waals surface area (Å²) in [6.07, 6.45) is 5.75. The van der Waals surface area contributed by atoms with Crippen LogP contribution in [0.4, 0.5) is 13.6 Å². The maximum Gasteiger partial charge on any atom is 0.407 e. The number of nitrogens with zero attached hydrogens (tertiary/aromatic N) is 4. The Balaban J connectivity index is 0.000000229. The first-order chi connectivity index (χ1) is 27.0. The van der Waals surface area contributed by atoms with Crippen molar-refractivity contribution in [3.05, 3.63) is 89.9 Å². The summed E-state index contributed by atoms with van der Waals surface area (Å²) in [5.74, 6) is -1.99. The number of carbonyl (C=O) groups is 5. The summed E-state index contributed by atoms with van der Waals surface area (Å²) in [4.78, 5) is 65.4. The van der Waals surface area contributed by atoms with Crippen molar-refractivity contribution in [1.82, 2.24) is 35.3 Å². The molecule has 15 nitrogen and oxygen atoms in total. The molecule has 0 aliphatic carbocycles. The average Bonchev–Trinajstić information content (AvgIpc) is 3.94. The van der Waals surface area contributed by atoms with Gasteiger partial charge in [0.1, 0.15) is 30.2 Å². The minimum atomic E-state index is -0.624. The molecule has 2 aromatic carbocycles. The number of amides is 5. The van der Waals surface area contributed by atoms with Gasteiger partial charge in [-0.05, 0) is 55.5 Å². The van der Waals surface area contributed by atoms with Gasteiger partial charge in [0, 0.05) is 83.3 Å². The second-order valence-electron chi connectivity index (χ2n) is 13.5. The van der Waals surface area contributed by atoms with E-state index in [1.54, 1.807) is 13.2 Å². The topological polar surface area (TPSA) is 184 Å². The van der Waals surface area contributed by atoms with E-state index in [2.05, 4.69) is 16.0 Å². The van der Waals surface area contributed by atoms with Crippen LogP contribution in [0.3, 0.4) is 0 Å². The molecule has 4 N–H and O–H groups in total. The summed E-state index contributed by atoms with van der Waals surface area (Å²) in [6.45, 7) is 2.89. The van der Waals surface area contributed by atoms with Crippen LogP contribution in [0.25, 0.3) is 11.3 Å². The molecule has 5 amide bonds. The lowest BCUT2D eigenvalue weighted by atomic mass is 9.90. The zero-order valence-corrected chi connectivity index (χ0v) is 31.1. The fraction of sp³-hybridized carbons (Fsp3) is 0.436. The van der Waals surface area contributed by atoms with Gasteiger partial charge < -0.3 is 40.0 Å². The quantitative estimate of drug-likeness (QED) is 0.177. The van der Waals surface area contributed by atoms with Crippen LogP contribution in [0.2, 0.25) is 0 Å². The molecule has 0 spiro atoms. The minimum Gasteiger partial charge on any atom is -0.445 e. The summed E-state index contributed by atoms with van der Waals surface area (Å²) in [7, 11) is 1.64. The second kappa shape index (κ2) is 20.4. The number of alkyl carbamates (subject to hydrolysis) is 1. The van der Waals surface area contributed by atoms with Gasteiger partial charge in [-0.25, -0.2) is 18.6 Å². The summed E-state index contributed by atoms with van der Waals surface area (Å²) < 4.78 is 41.0. The molecule has 3 aliphatic heterocycles. The number of rotatable bonds is 14. The molecule has 0 saturated carbocycles. The third-order valence-corrected chi connectivity index (χ3v) is 9.60. The van der Waals surface area contributed by atoms with Gasteiger partial charge in [0.15, 0.2) is 0 Å². The van der Waals surface area contributed by atoms with Crippen LogP contribution < -0.4 is 16.0 Å². The summed E-state index contributed by atoms with van der Waals surface area (Å²) in [5.41, 5.74) is 1.36. The lowest BCUT2D eigenvalue weighted by molar-refractivity contribution is -0.138. The molecule has 2 fully saturated rings. The number of aliphatic hydroxyl groups is 1. The Morgan fingerprint density at radius 3 is 2.45 bits per heavy atom. The van der Waals surface area contributed by atoms with Crippen molar-refractivity contribution in [3.63, 3.8) is 0 Å². The molecule has 6 rings (SSSR count). The van der Waals surface area contributed by atoms with Crippen molar-refractivity contribution in [2.24, 2.45) is 5.92 Å². The maximum absolute atomic E-state index is 14.6. The normalized spacial score (nSPS) is 17.3. The van der Waals surface area contributed by atoms with Crippen molar-refractivity contribution in [2.45, 2.75) is 44.4 Å². The SMILES string of the molecule is CN(C(=O)CO)C(c1nc(-c2cc(F)ccc2F)cn1Cc1ccccc1)C1CCOCC1.O=C(CCNC(=O)OC1CCNC1)NCCN1C(=O)C=CC1=O. The summed E-state index contributed by atoms with van der Waals surface area (Å²) >= 11 is 0. The van der Waals surface area contributed by atoms with Gasteiger partial charge in [-0.3, -0.25) is 24.1 Å². The molecule has 4 heterocycles. The highest BCUT2D eigenvalue weighted by molar-refractivity contribution is 6.12. The fourth-order valence-corrected chi connectivity index (χ4v) is 6.64. The number of imide groups is 1. The van der Waals surface area contributed by atoms with Crippen molar-refractivity contribution >= 4 is 29.7 Å². The van der Waals surface area contributed by atoms with Crippen LogP contribution in [0.15, 0.2) is 66.9 Å². The van der Waals surface area contributed by atoms with E-state index in [-0.39, 0.29) is 61.4 Å². The third kappa shape index (κ3) is 11.5. The number of aromatic nitrogens is 2. The van der Waals surface area contributed by atoms with E-state index in [1.807, 2.05) is 34.9 Å². The summed E-state index contributed by atoms with van der Waals surface area (Å²) in [6, 6.07) is 12.5. The molecule has 56 heavy (non-hydrogen) atoms. The number of hydrogen-bond acceptors (Lipinski definition) is 10. The van der Waals surface area contributed by atoms with Gasteiger partial charge in [-0.1, -0.05) is 30.3 Å². The number of ether oxygens (including phenoxy) is 2. The third-order valence-electron chi connectivity index (χ3n) is 9.60. The molecule has 1 aromatic heterocycles. The maximum atomic E-state index is 14.6. The molecule has 300 valence electrons. The number of halogens is 2. The molecule has 0 radical (unpaired) electrons. The Morgan fingerprint density at radius 2 is 1.77 bits per heavy atom. The Labute approximate surface area is 323 Å². The van der Waals surface area contributed by atoms with E-state index in [9.17, 15) is 37.9 Å². The Bertz CT molecular complexity index is 1840. The van der Waals surface area contributed by atoms with E-state index in [0.717, 1.165) is 54.5 Å². The Hall–Kier alpha value is -5.52. The number of hydrogen-bond donors (Lipinski definition) is 4. The van der Waals surface area contributed by atoms with Crippen molar-refractivity contribution < 1.29 is 47.3 Å². The molecule has 0 bridgehead atoms. The zero-order valence-electron chi connectivity index (χ0n) is 31.1. The highest BCUT2D eigenvalue weighted by atomic mass is 19.1. The predicted octanol–water partition coefficient (Wildman–Crippen LogP) is 2.30. The predicted molar refractivity (Wildman–Crippen MR) is 199 cm³/mol. The van der Waals surface area contributed by atoms with Crippen LogP contribution in [0.1, 0.15) is 43.1 Å². The fourth-order valence-electron chi connectivity index (χ4n) is 6.64. The van der Waals surface area contributed by atoms with Gasteiger partial charge in [0.25, 0.3) is 11.8 Å². The molecule has 2 atom stereocenters. The van der Waals surface area contributed by atoms with E-state index in [0.29, 0.717) is 37.8 Å². The lowest BCUT2D eigenvalue weighted by Gasteiger charge is -2.36. The first kappa shape index (κ1) is 41.6. The standard InChI is InChI=1S/C25H27F2N3O3.C14H20N4O5/c1-29(23(32)16-31)24(18-9-11-33-12-10-18)25-28-22(20-13-19(26)7-8-21(20)27)15-30(25)14-17-5-3-2-4-6-17;19-11(16-7-8-18-12(20)1-2-13(18)21)4-6-17-14(22)23-10-3-5-15-9-10/h2-8,13,15,18,24,31H,9-12,14,16H2,1H3;1-2,10,15H,3-9H2,(H,16,19)(H,17,22). The van der Waals surface area contributed by atoms with Crippen LogP contribution in [-0.2, 0) is 35.2 Å². The van der Waals surface area contributed by atoms with Crippen molar-refractivity contribution in [2.75, 3.05) is 59.6 Å². The van der Waals surface area contributed by atoms with Crippen molar-refractivity contribution in [1.29, 1.82) is 0 Å². The number of aliphatic hydroxyl groups excluding tert-OH is 1. The highest BCUT2D eigenvalue weighted by Crippen LogP contribution is 2.36. The van der Waals surface area contributed by atoms with E-state index in [1.165, 1.54) is 17.1 Å². The first-order valence-corrected chi connectivity index (χ1v) is 18.5.